The van der Waals surface area contributed by atoms with Gasteiger partial charge in [0, 0.05) is 50.7 Å². The average molecular weight is 661 g/mol. The summed E-state index contributed by atoms with van der Waals surface area (Å²) in [6.45, 7) is 0.201. The Balaban J connectivity index is 1.66. The van der Waals surface area contributed by atoms with E-state index in [1.54, 1.807) is 0 Å². The number of hydrogen-bond acceptors (Lipinski definition) is 6. The molecule has 0 saturated heterocycles. The van der Waals surface area contributed by atoms with Crippen molar-refractivity contribution in [2.45, 2.75) is 13.2 Å². The molecule has 0 N–H and O–H groups in total. The molecule has 0 radical (unpaired) electrons. The molecule has 0 heterocycles. The lowest BCUT2D eigenvalue weighted by molar-refractivity contribution is 0.0462. The molecule has 0 atom stereocenters. The first-order valence-corrected chi connectivity index (χ1v) is 16.5. The van der Waals surface area contributed by atoms with Gasteiger partial charge in [-0.2, -0.15) is 0 Å². The lowest BCUT2D eigenvalue weighted by atomic mass is 9.82. The number of benzene rings is 6. The van der Waals surface area contributed by atoms with Crippen LogP contribution in [0.1, 0.15) is 31.8 Å². The molecular formula is C44H40N2O4. The molecule has 0 aromatic heterocycles. The van der Waals surface area contributed by atoms with E-state index in [1.165, 1.54) is 0 Å². The van der Waals surface area contributed by atoms with Crippen molar-refractivity contribution < 1.29 is 19.1 Å². The number of hydrogen-bond donors (Lipinski definition) is 0. The van der Waals surface area contributed by atoms with Gasteiger partial charge >= 0.3 is 11.9 Å². The summed E-state index contributed by atoms with van der Waals surface area (Å²) in [6, 6.07) is 46.9. The summed E-state index contributed by atoms with van der Waals surface area (Å²) in [7, 11) is 7.76. The van der Waals surface area contributed by atoms with Crippen LogP contribution in [0.15, 0.2) is 146 Å². The van der Waals surface area contributed by atoms with Crippen molar-refractivity contribution in [3.63, 3.8) is 0 Å². The lowest BCUT2D eigenvalue weighted by Crippen LogP contribution is -2.16. The van der Waals surface area contributed by atoms with Crippen molar-refractivity contribution in [1.82, 2.24) is 0 Å². The van der Waals surface area contributed by atoms with Gasteiger partial charge in [-0.1, -0.05) is 121 Å². The Labute approximate surface area is 294 Å². The molecule has 6 rings (SSSR count). The topological polar surface area (TPSA) is 59.1 Å². The van der Waals surface area contributed by atoms with Crippen molar-refractivity contribution in [2.24, 2.45) is 0 Å². The van der Waals surface area contributed by atoms with E-state index in [1.807, 2.05) is 171 Å². The fraction of sp³-hybridized carbons (Fsp3) is 0.136. The SMILES string of the molecule is CN(C)c1cc(C(=O)OCc2ccccc2)c(-c2c(C(=O)OCc3ccccc3)cc(N(C)C)cc2-c2ccccc2)c(-c2ccccc2)c1. The first-order chi connectivity index (χ1) is 24.3. The third-order valence-corrected chi connectivity index (χ3v) is 8.56. The van der Waals surface area contributed by atoms with Gasteiger partial charge in [-0.15, -0.1) is 0 Å². The Morgan fingerprint density at radius 2 is 0.780 bits per heavy atom. The fourth-order valence-electron chi connectivity index (χ4n) is 5.92. The summed E-state index contributed by atoms with van der Waals surface area (Å²) < 4.78 is 12.1. The number of anilines is 2. The molecule has 0 aliphatic heterocycles. The molecule has 0 bridgehead atoms. The van der Waals surface area contributed by atoms with Crippen LogP contribution >= 0.6 is 0 Å². The van der Waals surface area contributed by atoms with Crippen LogP contribution in [0.4, 0.5) is 11.4 Å². The zero-order chi connectivity index (χ0) is 35.0. The van der Waals surface area contributed by atoms with Crippen LogP contribution in [0.2, 0.25) is 0 Å². The predicted octanol–water partition coefficient (Wildman–Crippen LogP) is 9.53. The van der Waals surface area contributed by atoms with Gasteiger partial charge in [-0.3, -0.25) is 0 Å². The normalized spacial score (nSPS) is 10.7. The Morgan fingerprint density at radius 3 is 1.10 bits per heavy atom. The van der Waals surface area contributed by atoms with Gasteiger partial charge in [0.2, 0.25) is 0 Å². The Morgan fingerprint density at radius 1 is 0.460 bits per heavy atom. The van der Waals surface area contributed by atoms with E-state index in [-0.39, 0.29) is 13.2 Å². The van der Waals surface area contributed by atoms with Gasteiger partial charge in [0.05, 0.1) is 11.1 Å². The maximum atomic E-state index is 14.4. The minimum Gasteiger partial charge on any atom is -0.457 e. The van der Waals surface area contributed by atoms with Gasteiger partial charge in [0.15, 0.2) is 0 Å². The quantitative estimate of drug-likeness (QED) is 0.129. The molecule has 0 unspecified atom stereocenters. The second-order valence-corrected chi connectivity index (χ2v) is 12.5. The van der Waals surface area contributed by atoms with Crippen molar-refractivity contribution in [3.05, 3.63) is 168 Å². The van der Waals surface area contributed by atoms with Crippen molar-refractivity contribution in [2.75, 3.05) is 38.0 Å². The Bertz CT molecular complexity index is 1930. The van der Waals surface area contributed by atoms with E-state index in [0.29, 0.717) is 22.3 Å². The van der Waals surface area contributed by atoms with E-state index < -0.39 is 11.9 Å². The number of carbonyl (C=O) groups is 2. The molecule has 0 saturated carbocycles. The van der Waals surface area contributed by atoms with Crippen molar-refractivity contribution in [1.29, 1.82) is 0 Å². The molecule has 0 amide bonds. The summed E-state index contributed by atoms with van der Waals surface area (Å²) in [5.41, 5.74) is 8.62. The monoisotopic (exact) mass is 660 g/mol. The summed E-state index contributed by atoms with van der Waals surface area (Å²) in [5, 5.41) is 0. The second-order valence-electron chi connectivity index (χ2n) is 12.5. The van der Waals surface area contributed by atoms with Crippen LogP contribution in [-0.2, 0) is 22.7 Å². The van der Waals surface area contributed by atoms with E-state index in [0.717, 1.165) is 44.8 Å². The molecule has 250 valence electrons. The molecular weight excluding hydrogens is 620 g/mol. The maximum absolute atomic E-state index is 14.4. The third kappa shape index (κ3) is 7.61. The highest BCUT2D eigenvalue weighted by atomic mass is 16.5. The molecule has 6 nitrogen and oxygen atoms in total. The molecule has 6 aromatic carbocycles. The maximum Gasteiger partial charge on any atom is 0.339 e. The standard InChI is InChI=1S/C44H40N2O4/c1-45(2)35-25-37(33-21-13-7-14-22-33)41(39(27-35)43(47)49-29-31-17-9-5-10-18-31)42-38(34-23-15-8-16-24-34)26-36(46(3)4)28-40(42)44(48)50-30-32-19-11-6-12-20-32/h5-28H,29-30H2,1-4H3. The average Bonchev–Trinajstić information content (AvgIpc) is 3.16. The number of carbonyl (C=O) groups excluding carboxylic acids is 2. The third-order valence-electron chi connectivity index (χ3n) is 8.56. The summed E-state index contributed by atoms with van der Waals surface area (Å²) in [6.07, 6.45) is 0. The van der Waals surface area contributed by atoms with Gasteiger partial charge < -0.3 is 19.3 Å². The van der Waals surface area contributed by atoms with Gasteiger partial charge in [0.1, 0.15) is 13.2 Å². The van der Waals surface area contributed by atoms with Crippen LogP contribution in [0.25, 0.3) is 33.4 Å². The van der Waals surface area contributed by atoms with Crippen LogP contribution in [0, 0.1) is 0 Å². The number of esters is 2. The van der Waals surface area contributed by atoms with Gasteiger partial charge in [-0.05, 0) is 57.6 Å². The van der Waals surface area contributed by atoms with Crippen LogP contribution in [0.3, 0.4) is 0 Å². The molecule has 6 heteroatoms. The molecule has 6 aromatic rings. The van der Waals surface area contributed by atoms with Gasteiger partial charge in [0.25, 0.3) is 0 Å². The zero-order valence-electron chi connectivity index (χ0n) is 28.8. The first-order valence-electron chi connectivity index (χ1n) is 16.5. The number of ether oxygens (including phenoxy) is 2. The van der Waals surface area contributed by atoms with Crippen LogP contribution in [0.5, 0.6) is 0 Å². The molecule has 0 aliphatic rings. The van der Waals surface area contributed by atoms with E-state index in [4.69, 9.17) is 9.47 Å². The van der Waals surface area contributed by atoms with Crippen molar-refractivity contribution in [3.8, 4) is 33.4 Å². The van der Waals surface area contributed by atoms with E-state index in [9.17, 15) is 9.59 Å². The number of nitrogens with zero attached hydrogens (tertiary/aromatic N) is 2. The number of rotatable bonds is 11. The minimum atomic E-state index is -0.496. The predicted molar refractivity (Wildman–Crippen MR) is 203 cm³/mol. The lowest BCUT2D eigenvalue weighted by Gasteiger charge is -2.25. The first kappa shape index (κ1) is 33.7. The Kier molecular flexibility index (Phi) is 10.4. The highest BCUT2D eigenvalue weighted by Gasteiger charge is 2.29. The largest absolute Gasteiger partial charge is 0.457 e. The highest BCUT2D eigenvalue weighted by Crippen LogP contribution is 2.46. The summed E-state index contributed by atoms with van der Waals surface area (Å²) in [4.78, 5) is 32.8. The van der Waals surface area contributed by atoms with Crippen LogP contribution < -0.4 is 9.80 Å². The van der Waals surface area contributed by atoms with E-state index in [2.05, 4.69) is 12.1 Å². The summed E-state index contributed by atoms with van der Waals surface area (Å²) in [5.74, 6) is -0.993. The zero-order valence-corrected chi connectivity index (χ0v) is 28.8. The van der Waals surface area contributed by atoms with Crippen molar-refractivity contribution >= 4 is 23.3 Å². The highest BCUT2D eigenvalue weighted by molar-refractivity contribution is 6.12. The molecule has 0 fully saturated rings. The smallest absolute Gasteiger partial charge is 0.339 e. The van der Waals surface area contributed by atoms with E-state index >= 15 is 0 Å². The van der Waals surface area contributed by atoms with Crippen LogP contribution in [-0.4, -0.2) is 40.1 Å². The Hall–Kier alpha value is -6.14. The summed E-state index contributed by atoms with van der Waals surface area (Å²) >= 11 is 0. The van der Waals surface area contributed by atoms with Gasteiger partial charge in [-0.25, -0.2) is 9.59 Å². The molecule has 0 aliphatic carbocycles. The fourth-order valence-corrected chi connectivity index (χ4v) is 5.92. The second kappa shape index (κ2) is 15.4. The molecule has 0 spiro atoms. The molecule has 50 heavy (non-hydrogen) atoms. The minimum absolute atomic E-state index is 0.100.